The van der Waals surface area contributed by atoms with E-state index in [0.29, 0.717) is 23.1 Å². The van der Waals surface area contributed by atoms with Gasteiger partial charge in [-0.05, 0) is 61.9 Å². The molecule has 8 heteroatoms. The van der Waals surface area contributed by atoms with E-state index in [0.717, 1.165) is 6.07 Å². The number of carbonyl (C=O) groups is 2. The Morgan fingerprint density at radius 2 is 2.08 bits per heavy atom. The highest BCUT2D eigenvalue weighted by Crippen LogP contribution is 2.25. The molecule has 0 bridgehead atoms. The first-order valence-electron chi connectivity index (χ1n) is 7.50. The second kappa shape index (κ2) is 7.43. The molecule has 132 valence electrons. The van der Waals surface area contributed by atoms with Gasteiger partial charge in [-0.3, -0.25) is 4.79 Å². The van der Waals surface area contributed by atoms with Crippen molar-refractivity contribution in [1.29, 1.82) is 0 Å². The number of hydrogen-bond donors (Lipinski definition) is 1. The zero-order chi connectivity index (χ0) is 18.1. The van der Waals surface area contributed by atoms with Crippen LogP contribution < -0.4 is 5.32 Å². The van der Waals surface area contributed by atoms with Gasteiger partial charge in [0.15, 0.2) is 0 Å². The Balaban J connectivity index is 1.99. The first kappa shape index (κ1) is 19.2. The maximum atomic E-state index is 13.5. The van der Waals surface area contributed by atoms with Gasteiger partial charge in [-0.2, -0.15) is 0 Å². The average molecular weight is 469 g/mol. The molecule has 1 aromatic rings. The standard InChI is InChI=1S/C16H19ClFIN2O3/c1-16(2,3)24-15(23)20-9-4-5-21(8-9)14(22)10-6-13(19)12(18)7-11(10)17/h6-7,9H,4-5,8H2,1-3H3,(H,20,23). The minimum atomic E-state index is -0.573. The van der Waals surface area contributed by atoms with Gasteiger partial charge in [-0.25, -0.2) is 9.18 Å². The zero-order valence-electron chi connectivity index (χ0n) is 13.7. The second-order valence-electron chi connectivity index (χ2n) is 6.63. The summed E-state index contributed by atoms with van der Waals surface area (Å²) < 4.78 is 19.0. The van der Waals surface area contributed by atoms with E-state index < -0.39 is 17.5 Å². The summed E-state index contributed by atoms with van der Waals surface area (Å²) in [4.78, 5) is 26.0. The van der Waals surface area contributed by atoms with E-state index >= 15 is 0 Å². The fraction of sp³-hybridized carbons (Fsp3) is 0.500. The topological polar surface area (TPSA) is 58.6 Å². The van der Waals surface area contributed by atoms with Crippen molar-refractivity contribution < 1.29 is 18.7 Å². The maximum Gasteiger partial charge on any atom is 0.407 e. The molecule has 1 aromatic carbocycles. The number of rotatable bonds is 2. The molecule has 5 nitrogen and oxygen atoms in total. The van der Waals surface area contributed by atoms with Crippen molar-refractivity contribution >= 4 is 46.2 Å². The van der Waals surface area contributed by atoms with E-state index in [-0.39, 0.29) is 22.5 Å². The van der Waals surface area contributed by atoms with E-state index in [4.69, 9.17) is 16.3 Å². The third-order valence-corrected chi connectivity index (χ3v) is 4.58. The lowest BCUT2D eigenvalue weighted by molar-refractivity contribution is 0.0502. The number of alkyl carbamates (subject to hydrolysis) is 1. The van der Waals surface area contributed by atoms with Crippen molar-refractivity contribution in [3.63, 3.8) is 0 Å². The van der Waals surface area contributed by atoms with Crippen LogP contribution in [0.15, 0.2) is 12.1 Å². The zero-order valence-corrected chi connectivity index (χ0v) is 16.6. The summed E-state index contributed by atoms with van der Waals surface area (Å²) in [6.45, 7) is 6.21. The van der Waals surface area contributed by atoms with Gasteiger partial charge < -0.3 is 15.0 Å². The van der Waals surface area contributed by atoms with Crippen LogP contribution in [-0.4, -0.2) is 41.6 Å². The normalized spacial score (nSPS) is 17.8. The van der Waals surface area contributed by atoms with Crippen molar-refractivity contribution in [2.45, 2.75) is 38.8 Å². The molecule has 1 N–H and O–H groups in total. The quantitative estimate of drug-likeness (QED) is 0.530. The van der Waals surface area contributed by atoms with E-state index in [2.05, 4.69) is 5.32 Å². The van der Waals surface area contributed by atoms with E-state index in [1.807, 2.05) is 22.6 Å². The van der Waals surface area contributed by atoms with Crippen LogP contribution in [0.5, 0.6) is 0 Å². The third-order valence-electron chi connectivity index (χ3n) is 3.44. The summed E-state index contributed by atoms with van der Waals surface area (Å²) in [6, 6.07) is 2.40. The van der Waals surface area contributed by atoms with Crippen LogP contribution in [0.2, 0.25) is 5.02 Å². The maximum absolute atomic E-state index is 13.5. The van der Waals surface area contributed by atoms with Crippen molar-refractivity contribution in [3.8, 4) is 0 Å². The predicted octanol–water partition coefficient (Wildman–Crippen LogP) is 3.82. The Morgan fingerprint density at radius 1 is 1.42 bits per heavy atom. The lowest BCUT2D eigenvalue weighted by atomic mass is 10.2. The van der Waals surface area contributed by atoms with E-state index in [1.165, 1.54) is 6.07 Å². The first-order valence-corrected chi connectivity index (χ1v) is 8.96. The number of likely N-dealkylation sites (tertiary alicyclic amines) is 1. The number of nitrogens with zero attached hydrogens (tertiary/aromatic N) is 1. The molecular weight excluding hydrogens is 450 g/mol. The number of ether oxygens (including phenoxy) is 1. The number of amides is 2. The third kappa shape index (κ3) is 4.95. The summed E-state index contributed by atoms with van der Waals surface area (Å²) in [5.74, 6) is -0.727. The van der Waals surface area contributed by atoms with Crippen LogP contribution in [0.1, 0.15) is 37.6 Å². The molecule has 1 aliphatic heterocycles. The van der Waals surface area contributed by atoms with Crippen molar-refractivity contribution in [2.24, 2.45) is 0 Å². The number of halogens is 3. The summed E-state index contributed by atoms with van der Waals surface area (Å²) >= 11 is 7.81. The Kier molecular flexibility index (Phi) is 5.95. The summed E-state index contributed by atoms with van der Waals surface area (Å²) in [6.07, 6.45) is 0.122. The fourth-order valence-electron chi connectivity index (χ4n) is 2.39. The van der Waals surface area contributed by atoms with Crippen molar-refractivity contribution in [2.75, 3.05) is 13.1 Å². The molecule has 1 saturated heterocycles. The lowest BCUT2D eigenvalue weighted by Gasteiger charge is -2.22. The molecule has 2 amide bonds. The minimum Gasteiger partial charge on any atom is -0.444 e. The van der Waals surface area contributed by atoms with Crippen LogP contribution in [0.3, 0.4) is 0 Å². The summed E-state index contributed by atoms with van der Waals surface area (Å²) in [7, 11) is 0. The Labute approximate surface area is 159 Å². The highest BCUT2D eigenvalue weighted by Gasteiger charge is 2.30. The molecule has 0 saturated carbocycles. The van der Waals surface area contributed by atoms with Gasteiger partial charge in [0.05, 0.1) is 16.6 Å². The molecular formula is C16H19ClFIN2O3. The number of nitrogens with one attached hydrogen (secondary N) is 1. The molecule has 0 spiro atoms. The summed E-state index contributed by atoms with van der Waals surface area (Å²) in [5.41, 5.74) is -0.309. The fourth-order valence-corrected chi connectivity index (χ4v) is 3.09. The Morgan fingerprint density at radius 3 is 2.71 bits per heavy atom. The predicted molar refractivity (Wildman–Crippen MR) is 97.8 cm³/mol. The van der Waals surface area contributed by atoms with Crippen LogP contribution >= 0.6 is 34.2 Å². The molecule has 1 fully saturated rings. The van der Waals surface area contributed by atoms with Crippen molar-refractivity contribution in [1.82, 2.24) is 10.2 Å². The highest BCUT2D eigenvalue weighted by molar-refractivity contribution is 14.1. The van der Waals surface area contributed by atoms with E-state index in [9.17, 15) is 14.0 Å². The molecule has 1 aliphatic rings. The summed E-state index contributed by atoms with van der Waals surface area (Å²) in [5, 5.41) is 2.84. The molecule has 1 atom stereocenters. The van der Waals surface area contributed by atoms with Gasteiger partial charge in [-0.1, -0.05) is 11.6 Å². The molecule has 0 radical (unpaired) electrons. The highest BCUT2D eigenvalue weighted by atomic mass is 127. The molecule has 0 aromatic heterocycles. The SMILES string of the molecule is CC(C)(C)OC(=O)NC1CCN(C(=O)c2cc(I)c(F)cc2Cl)C1. The molecule has 0 aliphatic carbocycles. The first-order chi connectivity index (χ1) is 11.1. The second-order valence-corrected chi connectivity index (χ2v) is 8.20. The lowest BCUT2D eigenvalue weighted by Crippen LogP contribution is -2.41. The van der Waals surface area contributed by atoms with Gasteiger partial charge in [0.25, 0.3) is 5.91 Å². The van der Waals surface area contributed by atoms with Gasteiger partial charge in [0, 0.05) is 16.7 Å². The number of hydrogen-bond acceptors (Lipinski definition) is 3. The molecule has 1 unspecified atom stereocenters. The largest absolute Gasteiger partial charge is 0.444 e. The minimum absolute atomic E-state index is 0.0847. The monoisotopic (exact) mass is 468 g/mol. The van der Waals surface area contributed by atoms with Gasteiger partial charge in [0.1, 0.15) is 11.4 Å². The smallest absolute Gasteiger partial charge is 0.407 e. The Hall–Kier alpha value is -1.09. The van der Waals surface area contributed by atoms with Gasteiger partial charge in [-0.15, -0.1) is 0 Å². The molecule has 24 heavy (non-hydrogen) atoms. The number of benzene rings is 1. The Bertz CT molecular complexity index is 663. The average Bonchev–Trinajstić information content (AvgIpc) is 2.88. The van der Waals surface area contributed by atoms with Crippen LogP contribution in [0.4, 0.5) is 9.18 Å². The van der Waals surface area contributed by atoms with Gasteiger partial charge >= 0.3 is 6.09 Å². The van der Waals surface area contributed by atoms with E-state index in [1.54, 1.807) is 25.7 Å². The van der Waals surface area contributed by atoms with Gasteiger partial charge in [0.2, 0.25) is 0 Å². The number of carbonyl (C=O) groups excluding carboxylic acids is 2. The molecule has 1 heterocycles. The van der Waals surface area contributed by atoms with Crippen molar-refractivity contribution in [3.05, 3.63) is 32.1 Å². The van der Waals surface area contributed by atoms with Crippen LogP contribution in [0.25, 0.3) is 0 Å². The van der Waals surface area contributed by atoms with Crippen LogP contribution in [-0.2, 0) is 4.74 Å². The molecule has 2 rings (SSSR count). The van der Waals surface area contributed by atoms with Crippen LogP contribution in [0, 0.1) is 9.39 Å².